The van der Waals surface area contributed by atoms with E-state index in [1.165, 1.54) is 0 Å². The fourth-order valence-corrected chi connectivity index (χ4v) is 3.05. The van der Waals surface area contributed by atoms with Crippen LogP contribution in [0.3, 0.4) is 0 Å². The molecule has 0 aliphatic heterocycles. The molecular formula is C21H18N4O2. The van der Waals surface area contributed by atoms with Crippen LogP contribution < -0.4 is 10.9 Å². The first-order chi connectivity index (χ1) is 13.2. The van der Waals surface area contributed by atoms with Crippen LogP contribution in [-0.4, -0.2) is 21.4 Å². The number of aromatic nitrogens is 2. The zero-order valence-corrected chi connectivity index (χ0v) is 14.5. The predicted octanol–water partition coefficient (Wildman–Crippen LogP) is 3.09. The maximum Gasteiger partial charge on any atom is 0.286 e. The molecule has 0 fully saturated rings. The number of nitrogens with one attached hydrogen (secondary N) is 3. The van der Waals surface area contributed by atoms with Gasteiger partial charge in [0.2, 0.25) is 0 Å². The van der Waals surface area contributed by atoms with Gasteiger partial charge in [0.05, 0.1) is 0 Å². The van der Waals surface area contributed by atoms with Crippen molar-refractivity contribution >= 4 is 22.7 Å². The highest BCUT2D eigenvalue weighted by molar-refractivity contribution is 6.01. The molecule has 0 aliphatic rings. The summed E-state index contributed by atoms with van der Waals surface area (Å²) in [6.45, 7) is 0.557. The Morgan fingerprint density at radius 2 is 1.59 bits per heavy atom. The summed E-state index contributed by atoms with van der Waals surface area (Å²) < 4.78 is 1.95. The minimum Gasteiger partial charge on any atom is -0.357 e. The molecule has 0 bridgehead atoms. The molecule has 4 aromatic rings. The molecule has 134 valence electrons. The molecule has 0 aliphatic carbocycles. The lowest BCUT2D eigenvalue weighted by atomic mass is 10.2. The van der Waals surface area contributed by atoms with Crippen molar-refractivity contribution in [2.45, 2.75) is 6.54 Å². The van der Waals surface area contributed by atoms with Gasteiger partial charge < -0.3 is 9.55 Å². The Morgan fingerprint density at radius 3 is 2.37 bits per heavy atom. The molecule has 0 saturated carbocycles. The Morgan fingerprint density at radius 1 is 0.852 bits per heavy atom. The van der Waals surface area contributed by atoms with Crippen LogP contribution in [0.15, 0.2) is 79.0 Å². The molecule has 2 heterocycles. The third-order valence-corrected chi connectivity index (χ3v) is 4.36. The van der Waals surface area contributed by atoms with Crippen LogP contribution >= 0.6 is 0 Å². The molecule has 6 heteroatoms. The van der Waals surface area contributed by atoms with Gasteiger partial charge >= 0.3 is 0 Å². The SMILES string of the molecule is O=C(NNC(=O)c1cc2ccccc2n1Cc1ccccc1)c1ccc[nH]1. The fraction of sp³-hybridized carbons (Fsp3) is 0.0476. The number of carbonyl (C=O) groups excluding carboxylic acids is 2. The number of benzene rings is 2. The number of carbonyl (C=O) groups is 2. The molecule has 27 heavy (non-hydrogen) atoms. The Bertz CT molecular complexity index is 1080. The van der Waals surface area contributed by atoms with Crippen molar-refractivity contribution < 1.29 is 9.59 Å². The summed E-state index contributed by atoms with van der Waals surface area (Å²) in [6, 6.07) is 22.9. The second-order valence-electron chi connectivity index (χ2n) is 6.15. The molecule has 4 rings (SSSR count). The van der Waals surface area contributed by atoms with E-state index in [-0.39, 0.29) is 5.91 Å². The first-order valence-corrected chi connectivity index (χ1v) is 8.58. The number of hydrazine groups is 1. The Kier molecular flexibility index (Phi) is 4.45. The summed E-state index contributed by atoms with van der Waals surface area (Å²) in [5, 5.41) is 0.967. The highest BCUT2D eigenvalue weighted by Crippen LogP contribution is 2.21. The second kappa shape index (κ2) is 7.21. The lowest BCUT2D eigenvalue weighted by Crippen LogP contribution is -2.42. The number of fused-ring (bicyclic) bond motifs is 1. The highest BCUT2D eigenvalue weighted by atomic mass is 16.2. The van der Waals surface area contributed by atoms with E-state index in [1.54, 1.807) is 18.3 Å². The predicted molar refractivity (Wildman–Crippen MR) is 103 cm³/mol. The molecule has 6 nitrogen and oxygen atoms in total. The monoisotopic (exact) mass is 358 g/mol. The molecule has 2 amide bonds. The zero-order chi connectivity index (χ0) is 18.6. The number of para-hydroxylation sites is 1. The van der Waals surface area contributed by atoms with Gasteiger partial charge in [0.25, 0.3) is 11.8 Å². The fourth-order valence-electron chi connectivity index (χ4n) is 3.05. The number of hydrogen-bond donors (Lipinski definition) is 3. The largest absolute Gasteiger partial charge is 0.357 e. The average Bonchev–Trinajstić information content (AvgIpc) is 3.36. The van der Waals surface area contributed by atoms with E-state index >= 15 is 0 Å². The first-order valence-electron chi connectivity index (χ1n) is 8.58. The molecular weight excluding hydrogens is 340 g/mol. The van der Waals surface area contributed by atoms with E-state index < -0.39 is 5.91 Å². The number of nitrogens with zero attached hydrogens (tertiary/aromatic N) is 1. The van der Waals surface area contributed by atoms with Gasteiger partial charge in [0.1, 0.15) is 11.4 Å². The number of amides is 2. The molecule has 0 radical (unpaired) electrons. The van der Waals surface area contributed by atoms with Gasteiger partial charge in [0, 0.05) is 23.6 Å². The third kappa shape index (κ3) is 3.46. The van der Waals surface area contributed by atoms with Crippen LogP contribution in [0, 0.1) is 0 Å². The topological polar surface area (TPSA) is 78.9 Å². The van der Waals surface area contributed by atoms with Crippen LogP contribution in [-0.2, 0) is 6.54 Å². The molecule has 0 saturated heterocycles. The molecule has 3 N–H and O–H groups in total. The Hall–Kier alpha value is -3.80. The van der Waals surface area contributed by atoms with Crippen LogP contribution in [0.25, 0.3) is 10.9 Å². The molecule has 0 unspecified atom stereocenters. The number of rotatable bonds is 4. The molecule has 2 aromatic heterocycles. The van der Waals surface area contributed by atoms with Crippen molar-refractivity contribution in [3.05, 3.63) is 95.9 Å². The van der Waals surface area contributed by atoms with Crippen molar-refractivity contribution in [1.82, 2.24) is 20.4 Å². The summed E-state index contributed by atoms with van der Waals surface area (Å²) in [4.78, 5) is 27.6. The van der Waals surface area contributed by atoms with Crippen molar-refractivity contribution in [1.29, 1.82) is 0 Å². The first kappa shape index (κ1) is 16.7. The quantitative estimate of drug-likeness (QED) is 0.490. The van der Waals surface area contributed by atoms with Crippen molar-refractivity contribution in [3.8, 4) is 0 Å². The highest BCUT2D eigenvalue weighted by Gasteiger charge is 2.17. The van der Waals surface area contributed by atoms with E-state index in [1.807, 2.05) is 65.2 Å². The van der Waals surface area contributed by atoms with Crippen LogP contribution in [0.5, 0.6) is 0 Å². The number of H-pyrrole nitrogens is 1. The minimum absolute atomic E-state index is 0.373. The second-order valence-corrected chi connectivity index (χ2v) is 6.15. The third-order valence-electron chi connectivity index (χ3n) is 4.36. The van der Waals surface area contributed by atoms with E-state index in [0.29, 0.717) is 17.9 Å². The van der Waals surface area contributed by atoms with Crippen molar-refractivity contribution in [2.75, 3.05) is 0 Å². The molecule has 0 spiro atoms. The van der Waals surface area contributed by atoms with Gasteiger partial charge in [-0.15, -0.1) is 0 Å². The van der Waals surface area contributed by atoms with E-state index in [0.717, 1.165) is 16.5 Å². The summed E-state index contributed by atoms with van der Waals surface area (Å²) in [5.74, 6) is -0.777. The van der Waals surface area contributed by atoms with E-state index in [4.69, 9.17) is 0 Å². The van der Waals surface area contributed by atoms with E-state index in [2.05, 4.69) is 15.8 Å². The summed E-state index contributed by atoms with van der Waals surface area (Å²) in [6.07, 6.45) is 1.65. The zero-order valence-electron chi connectivity index (χ0n) is 14.5. The average molecular weight is 358 g/mol. The minimum atomic E-state index is -0.404. The van der Waals surface area contributed by atoms with Crippen LogP contribution in [0.1, 0.15) is 26.5 Å². The summed E-state index contributed by atoms with van der Waals surface area (Å²) >= 11 is 0. The van der Waals surface area contributed by atoms with Gasteiger partial charge in [0.15, 0.2) is 0 Å². The normalized spacial score (nSPS) is 10.7. The lowest BCUT2D eigenvalue weighted by molar-refractivity contribution is 0.0839. The number of hydrogen-bond acceptors (Lipinski definition) is 2. The standard InChI is InChI=1S/C21H18N4O2/c26-20(17-10-6-12-22-17)23-24-21(27)19-13-16-9-4-5-11-18(16)25(19)14-15-7-2-1-3-8-15/h1-13,22H,14H2,(H,23,26)(H,24,27). The summed E-state index contributed by atoms with van der Waals surface area (Å²) in [7, 11) is 0. The van der Waals surface area contributed by atoms with Gasteiger partial charge in [-0.1, -0.05) is 48.5 Å². The molecule has 0 atom stereocenters. The van der Waals surface area contributed by atoms with Crippen molar-refractivity contribution in [3.63, 3.8) is 0 Å². The Balaban J connectivity index is 1.61. The van der Waals surface area contributed by atoms with Gasteiger partial charge in [-0.3, -0.25) is 20.4 Å². The van der Waals surface area contributed by atoms with Gasteiger partial charge in [-0.25, -0.2) is 0 Å². The van der Waals surface area contributed by atoms with Crippen LogP contribution in [0.4, 0.5) is 0 Å². The van der Waals surface area contributed by atoms with Gasteiger partial charge in [-0.05, 0) is 29.8 Å². The smallest absolute Gasteiger partial charge is 0.286 e. The van der Waals surface area contributed by atoms with Crippen LogP contribution in [0.2, 0.25) is 0 Å². The van der Waals surface area contributed by atoms with Gasteiger partial charge in [-0.2, -0.15) is 0 Å². The lowest BCUT2D eigenvalue weighted by Gasteiger charge is -2.12. The summed E-state index contributed by atoms with van der Waals surface area (Å²) in [5.41, 5.74) is 7.83. The Labute approximate surface area is 155 Å². The maximum atomic E-state index is 12.7. The van der Waals surface area contributed by atoms with E-state index in [9.17, 15) is 9.59 Å². The number of aromatic amines is 1. The van der Waals surface area contributed by atoms with Crippen molar-refractivity contribution in [2.24, 2.45) is 0 Å². The molecule has 2 aromatic carbocycles. The maximum absolute atomic E-state index is 12.7.